The van der Waals surface area contributed by atoms with Crippen LogP contribution >= 0.6 is 0 Å². The van der Waals surface area contributed by atoms with Crippen LogP contribution in [0.15, 0.2) is 22.8 Å². The number of hydrogen-bond donors (Lipinski definition) is 0. The Morgan fingerprint density at radius 2 is 1.93 bits per heavy atom. The molecule has 0 fully saturated rings. The molecular weight excluding hydrogens is 196 g/mol. The standard InChI is InChI=1S/C14H24Si/c1-14(2,3)15-10-11-8-12-6-4-5-7-13(12)9-11/h8H,4-7,9-10,15H2,1-3H3. The van der Waals surface area contributed by atoms with Crippen molar-refractivity contribution in [2.75, 3.05) is 0 Å². The van der Waals surface area contributed by atoms with E-state index in [1.165, 1.54) is 38.1 Å². The third kappa shape index (κ3) is 3.07. The van der Waals surface area contributed by atoms with E-state index in [1.54, 1.807) is 16.7 Å². The average molecular weight is 220 g/mol. The largest absolute Gasteiger partial charge is 0.0690 e. The van der Waals surface area contributed by atoms with E-state index in [1.807, 2.05) is 0 Å². The van der Waals surface area contributed by atoms with Crippen LogP contribution in [-0.2, 0) is 0 Å². The zero-order chi connectivity index (χ0) is 10.9. The summed E-state index contributed by atoms with van der Waals surface area (Å²) >= 11 is 0. The minimum Gasteiger partial charge on any atom is -0.0690 e. The summed E-state index contributed by atoms with van der Waals surface area (Å²) in [4.78, 5) is 0. The van der Waals surface area contributed by atoms with Crippen molar-refractivity contribution in [2.24, 2.45) is 0 Å². The first-order valence-corrected chi connectivity index (χ1v) is 8.16. The summed E-state index contributed by atoms with van der Waals surface area (Å²) in [6, 6.07) is 1.45. The van der Waals surface area contributed by atoms with Gasteiger partial charge < -0.3 is 0 Å². The zero-order valence-corrected chi connectivity index (χ0v) is 11.9. The lowest BCUT2D eigenvalue weighted by Gasteiger charge is -2.17. The highest BCUT2D eigenvalue weighted by atomic mass is 28.2. The van der Waals surface area contributed by atoms with E-state index in [0.29, 0.717) is 5.04 Å². The minimum absolute atomic E-state index is 0.0851. The smallest absolute Gasteiger partial charge is 0.0304 e. The van der Waals surface area contributed by atoms with Crippen molar-refractivity contribution in [3.63, 3.8) is 0 Å². The Kier molecular flexibility index (Phi) is 3.20. The summed E-state index contributed by atoms with van der Waals surface area (Å²) < 4.78 is 0. The van der Waals surface area contributed by atoms with Crippen molar-refractivity contribution < 1.29 is 0 Å². The second-order valence-electron chi connectivity index (χ2n) is 6.38. The highest BCUT2D eigenvalue weighted by Crippen LogP contribution is 2.38. The van der Waals surface area contributed by atoms with E-state index in [9.17, 15) is 0 Å². The van der Waals surface area contributed by atoms with Crippen molar-refractivity contribution in [3.05, 3.63) is 22.8 Å². The summed E-state index contributed by atoms with van der Waals surface area (Å²) in [6.07, 6.45) is 9.53. The maximum Gasteiger partial charge on any atom is 0.0304 e. The fourth-order valence-corrected chi connectivity index (χ4v) is 4.03. The fraction of sp³-hybridized carbons (Fsp3) is 0.714. The van der Waals surface area contributed by atoms with Gasteiger partial charge in [0.1, 0.15) is 0 Å². The van der Waals surface area contributed by atoms with Gasteiger partial charge in [0.15, 0.2) is 0 Å². The van der Waals surface area contributed by atoms with Gasteiger partial charge in [-0.3, -0.25) is 0 Å². The van der Waals surface area contributed by atoms with E-state index in [4.69, 9.17) is 0 Å². The lowest BCUT2D eigenvalue weighted by molar-refractivity contribution is 0.679. The molecule has 2 rings (SSSR count). The fourth-order valence-electron chi connectivity index (χ4n) is 2.63. The van der Waals surface area contributed by atoms with Gasteiger partial charge in [-0.25, -0.2) is 0 Å². The maximum absolute atomic E-state index is 2.55. The van der Waals surface area contributed by atoms with Gasteiger partial charge in [-0.15, -0.1) is 0 Å². The van der Waals surface area contributed by atoms with Crippen LogP contribution in [0.2, 0.25) is 11.1 Å². The molecule has 0 heterocycles. The predicted molar refractivity (Wildman–Crippen MR) is 71.3 cm³/mol. The molecule has 0 atom stereocenters. The number of hydrogen-bond acceptors (Lipinski definition) is 0. The average Bonchev–Trinajstić information content (AvgIpc) is 2.56. The molecule has 15 heavy (non-hydrogen) atoms. The summed E-state index contributed by atoms with van der Waals surface area (Å²) in [5.74, 6) is 0. The van der Waals surface area contributed by atoms with Crippen LogP contribution in [0.25, 0.3) is 0 Å². The Hall–Kier alpha value is -0.303. The van der Waals surface area contributed by atoms with Crippen LogP contribution in [-0.4, -0.2) is 9.52 Å². The predicted octanol–water partition coefficient (Wildman–Crippen LogP) is 3.99. The first kappa shape index (κ1) is 11.2. The van der Waals surface area contributed by atoms with Gasteiger partial charge in [-0.1, -0.05) is 38.0 Å². The lowest BCUT2D eigenvalue weighted by Crippen LogP contribution is -2.08. The van der Waals surface area contributed by atoms with E-state index < -0.39 is 0 Å². The molecule has 0 N–H and O–H groups in total. The molecule has 0 aromatic heterocycles. The van der Waals surface area contributed by atoms with Crippen LogP contribution in [0, 0.1) is 0 Å². The summed E-state index contributed by atoms with van der Waals surface area (Å²) in [5.41, 5.74) is 5.28. The Morgan fingerprint density at radius 3 is 2.60 bits per heavy atom. The second-order valence-corrected chi connectivity index (χ2v) is 9.50. The molecule has 0 spiro atoms. The van der Waals surface area contributed by atoms with Crippen molar-refractivity contribution in [1.82, 2.24) is 0 Å². The SMILES string of the molecule is CC(C)(C)[SiH2]CC1=CC2=C(CCCC2)C1. The second kappa shape index (κ2) is 4.29. The van der Waals surface area contributed by atoms with Crippen molar-refractivity contribution in [1.29, 1.82) is 0 Å². The zero-order valence-electron chi connectivity index (χ0n) is 10.5. The molecule has 0 bridgehead atoms. The van der Waals surface area contributed by atoms with Gasteiger partial charge in [-0.05, 0) is 48.8 Å². The van der Waals surface area contributed by atoms with Crippen LogP contribution in [0.1, 0.15) is 52.9 Å². The minimum atomic E-state index is 0.0851. The first-order chi connectivity index (χ1) is 7.04. The maximum atomic E-state index is 2.55. The molecule has 2 aliphatic carbocycles. The highest BCUT2D eigenvalue weighted by molar-refractivity contribution is 6.40. The van der Waals surface area contributed by atoms with Crippen molar-refractivity contribution in [2.45, 2.75) is 64.0 Å². The third-order valence-electron chi connectivity index (χ3n) is 3.64. The van der Waals surface area contributed by atoms with Crippen LogP contribution in [0.4, 0.5) is 0 Å². The monoisotopic (exact) mass is 220 g/mol. The number of allylic oxidation sites excluding steroid dienone is 4. The normalized spacial score (nSPS) is 22.5. The molecule has 0 unspecified atom stereocenters. The summed E-state index contributed by atoms with van der Waals surface area (Å²) in [6.45, 7) is 7.21. The molecule has 0 saturated carbocycles. The summed E-state index contributed by atoms with van der Waals surface area (Å²) in [7, 11) is 0.0851. The third-order valence-corrected chi connectivity index (χ3v) is 6.04. The molecule has 0 aromatic rings. The van der Waals surface area contributed by atoms with Gasteiger partial charge in [-0.2, -0.15) is 0 Å². The van der Waals surface area contributed by atoms with Crippen molar-refractivity contribution >= 4 is 9.52 Å². The molecule has 2 aliphatic rings. The quantitative estimate of drug-likeness (QED) is 0.617. The summed E-state index contributed by atoms with van der Waals surface area (Å²) in [5, 5.41) is 0.629. The molecule has 0 aromatic carbocycles. The van der Waals surface area contributed by atoms with E-state index in [0.717, 1.165) is 0 Å². The van der Waals surface area contributed by atoms with Crippen molar-refractivity contribution in [3.8, 4) is 0 Å². The van der Waals surface area contributed by atoms with Gasteiger partial charge >= 0.3 is 0 Å². The highest BCUT2D eigenvalue weighted by Gasteiger charge is 2.20. The van der Waals surface area contributed by atoms with E-state index in [-0.39, 0.29) is 9.52 Å². The van der Waals surface area contributed by atoms with Gasteiger partial charge in [0.2, 0.25) is 0 Å². The Balaban J connectivity index is 1.88. The molecule has 0 saturated heterocycles. The van der Waals surface area contributed by atoms with Gasteiger partial charge in [0.05, 0.1) is 0 Å². The van der Waals surface area contributed by atoms with E-state index >= 15 is 0 Å². The molecule has 0 aliphatic heterocycles. The molecule has 0 radical (unpaired) electrons. The van der Waals surface area contributed by atoms with Crippen LogP contribution in [0.5, 0.6) is 0 Å². The van der Waals surface area contributed by atoms with Gasteiger partial charge in [0.25, 0.3) is 0 Å². The Bertz CT molecular complexity index is 302. The number of rotatable bonds is 2. The van der Waals surface area contributed by atoms with Gasteiger partial charge in [0, 0.05) is 9.52 Å². The molecule has 0 amide bonds. The Labute approximate surface area is 96.7 Å². The Morgan fingerprint density at radius 1 is 1.20 bits per heavy atom. The van der Waals surface area contributed by atoms with Crippen LogP contribution in [0.3, 0.4) is 0 Å². The van der Waals surface area contributed by atoms with E-state index in [2.05, 4.69) is 26.8 Å². The molecule has 0 nitrogen and oxygen atoms in total. The molecular formula is C14H24Si. The lowest BCUT2D eigenvalue weighted by atomic mass is 9.94. The molecule has 84 valence electrons. The molecule has 1 heteroatoms. The first-order valence-electron chi connectivity index (χ1n) is 6.45. The topological polar surface area (TPSA) is 0 Å². The van der Waals surface area contributed by atoms with Crippen LogP contribution < -0.4 is 0 Å².